The lowest BCUT2D eigenvalue weighted by Gasteiger charge is -2.11. The van der Waals surface area contributed by atoms with Crippen LogP contribution in [0.25, 0.3) is 0 Å². The summed E-state index contributed by atoms with van der Waals surface area (Å²) in [7, 11) is 0. The minimum atomic E-state index is -0.852. The Balaban J connectivity index is 2.37. The molecule has 78 valence electrons. The zero-order valence-corrected chi connectivity index (χ0v) is 7.93. The van der Waals surface area contributed by atoms with Gasteiger partial charge in [0.25, 0.3) is 0 Å². The van der Waals surface area contributed by atoms with Gasteiger partial charge in [0, 0.05) is 0 Å². The number of aliphatic carboxylic acids is 1. The number of nitrogens with one attached hydrogen (secondary N) is 1. The van der Waals surface area contributed by atoms with Crippen LogP contribution in [0.4, 0.5) is 0 Å². The maximum Gasteiger partial charge on any atom is 0.320 e. The molecule has 0 aliphatic carbocycles. The second kappa shape index (κ2) is 5.33. The third-order valence-corrected chi connectivity index (χ3v) is 1.79. The molecule has 0 bridgehead atoms. The van der Waals surface area contributed by atoms with Crippen molar-refractivity contribution in [2.24, 2.45) is 0 Å². The van der Waals surface area contributed by atoms with Crippen LogP contribution in [0.1, 0.15) is 25.6 Å². The zero-order chi connectivity index (χ0) is 10.4. The first kappa shape index (κ1) is 10.6. The maximum atomic E-state index is 10.7. The van der Waals surface area contributed by atoms with Crippen molar-refractivity contribution >= 4 is 5.97 Å². The molecule has 14 heavy (non-hydrogen) atoms. The Hall–Kier alpha value is -1.43. The molecule has 6 nitrogen and oxygen atoms in total. The number of nitrogens with zero attached hydrogens (tertiary/aromatic N) is 2. The summed E-state index contributed by atoms with van der Waals surface area (Å²) < 4.78 is 4.52. The van der Waals surface area contributed by atoms with Crippen molar-refractivity contribution in [2.75, 3.05) is 0 Å². The lowest BCUT2D eigenvalue weighted by atomic mass is 10.2. The van der Waals surface area contributed by atoms with E-state index in [1.165, 1.54) is 6.39 Å². The Kier molecular flexibility index (Phi) is 4.06. The van der Waals surface area contributed by atoms with Crippen LogP contribution < -0.4 is 5.32 Å². The minimum Gasteiger partial charge on any atom is -0.480 e. The van der Waals surface area contributed by atoms with E-state index in [0.29, 0.717) is 18.8 Å². The number of carboxylic acid groups (broad SMARTS) is 1. The standard InChI is InChI=1S/C8H13N3O3/c1-2-3-6(8(12)13)9-4-7-10-5-14-11-7/h5-6,9H,2-4H2,1H3,(H,12,13). The van der Waals surface area contributed by atoms with Gasteiger partial charge < -0.3 is 9.63 Å². The molecule has 6 heteroatoms. The number of hydrogen-bond acceptors (Lipinski definition) is 5. The third-order valence-electron chi connectivity index (χ3n) is 1.79. The largest absolute Gasteiger partial charge is 0.480 e. The molecule has 0 fully saturated rings. The molecule has 0 aliphatic heterocycles. The van der Waals surface area contributed by atoms with E-state index in [1.54, 1.807) is 0 Å². The van der Waals surface area contributed by atoms with E-state index in [1.807, 2.05) is 6.92 Å². The van der Waals surface area contributed by atoms with Crippen LogP contribution in [0.3, 0.4) is 0 Å². The molecule has 1 atom stereocenters. The van der Waals surface area contributed by atoms with E-state index >= 15 is 0 Å². The first-order valence-electron chi connectivity index (χ1n) is 4.45. The molecule has 2 N–H and O–H groups in total. The summed E-state index contributed by atoms with van der Waals surface area (Å²) in [5, 5.41) is 15.2. The van der Waals surface area contributed by atoms with Gasteiger partial charge in [0.1, 0.15) is 6.04 Å². The molecule has 1 rings (SSSR count). The first-order valence-corrected chi connectivity index (χ1v) is 4.45. The predicted octanol–water partition coefficient (Wildman–Crippen LogP) is 0.412. The van der Waals surface area contributed by atoms with Crippen LogP contribution in [-0.4, -0.2) is 27.3 Å². The monoisotopic (exact) mass is 199 g/mol. The molecule has 0 spiro atoms. The van der Waals surface area contributed by atoms with E-state index in [9.17, 15) is 4.79 Å². The summed E-state index contributed by atoms with van der Waals surface area (Å²) in [5.74, 6) is -0.386. The predicted molar refractivity (Wildman–Crippen MR) is 47.5 cm³/mol. The molecule has 0 aromatic carbocycles. The molecule has 0 aliphatic rings. The average Bonchev–Trinajstić information content (AvgIpc) is 2.64. The van der Waals surface area contributed by atoms with Crippen molar-refractivity contribution in [1.82, 2.24) is 15.5 Å². The lowest BCUT2D eigenvalue weighted by molar-refractivity contribution is -0.139. The fraction of sp³-hybridized carbons (Fsp3) is 0.625. The molecule has 1 heterocycles. The summed E-state index contributed by atoms with van der Waals surface area (Å²) in [4.78, 5) is 14.5. The van der Waals surface area contributed by atoms with Gasteiger partial charge in [0.15, 0.2) is 5.82 Å². The fourth-order valence-corrected chi connectivity index (χ4v) is 1.09. The molecule has 1 aromatic rings. The number of hydrogen-bond donors (Lipinski definition) is 2. The van der Waals surface area contributed by atoms with Crippen molar-refractivity contribution in [3.8, 4) is 0 Å². The third kappa shape index (κ3) is 3.14. The van der Waals surface area contributed by atoms with Gasteiger partial charge in [-0.1, -0.05) is 18.5 Å². The van der Waals surface area contributed by atoms with Gasteiger partial charge in [-0.25, -0.2) is 0 Å². The number of carboxylic acids is 1. The summed E-state index contributed by atoms with van der Waals surface area (Å²) in [6.07, 6.45) is 2.62. The molecular formula is C8H13N3O3. The first-order chi connectivity index (χ1) is 6.74. The van der Waals surface area contributed by atoms with Gasteiger partial charge in [0.2, 0.25) is 6.39 Å². The van der Waals surface area contributed by atoms with E-state index < -0.39 is 12.0 Å². The van der Waals surface area contributed by atoms with Gasteiger partial charge in [-0.2, -0.15) is 4.98 Å². The highest BCUT2D eigenvalue weighted by molar-refractivity contribution is 5.73. The molecule has 0 amide bonds. The molecule has 0 saturated heterocycles. The Labute approximate surface area is 81.3 Å². The van der Waals surface area contributed by atoms with Gasteiger partial charge in [0.05, 0.1) is 6.54 Å². The summed E-state index contributed by atoms with van der Waals surface area (Å²) >= 11 is 0. The number of rotatable bonds is 6. The Morgan fingerprint density at radius 3 is 3.07 bits per heavy atom. The van der Waals surface area contributed by atoms with Crippen LogP contribution in [0.5, 0.6) is 0 Å². The van der Waals surface area contributed by atoms with Gasteiger partial charge in [-0.05, 0) is 6.42 Å². The molecule has 0 radical (unpaired) electrons. The molecule has 0 saturated carbocycles. The average molecular weight is 199 g/mol. The molecular weight excluding hydrogens is 186 g/mol. The van der Waals surface area contributed by atoms with Crippen LogP contribution in [-0.2, 0) is 11.3 Å². The van der Waals surface area contributed by atoms with Crippen molar-refractivity contribution in [1.29, 1.82) is 0 Å². The van der Waals surface area contributed by atoms with E-state index in [0.717, 1.165) is 6.42 Å². The van der Waals surface area contributed by atoms with Crippen LogP contribution in [0, 0.1) is 0 Å². The fourth-order valence-electron chi connectivity index (χ4n) is 1.09. The van der Waals surface area contributed by atoms with Crippen molar-refractivity contribution in [3.05, 3.63) is 12.2 Å². The van der Waals surface area contributed by atoms with Crippen molar-refractivity contribution < 1.29 is 14.4 Å². The molecule has 1 aromatic heterocycles. The van der Waals surface area contributed by atoms with Crippen LogP contribution in [0.2, 0.25) is 0 Å². The number of carbonyl (C=O) groups is 1. The second-order valence-electron chi connectivity index (χ2n) is 2.91. The minimum absolute atomic E-state index is 0.313. The Morgan fingerprint density at radius 1 is 1.79 bits per heavy atom. The number of aromatic nitrogens is 2. The van der Waals surface area contributed by atoms with Gasteiger partial charge in [-0.3, -0.25) is 10.1 Å². The van der Waals surface area contributed by atoms with E-state index in [4.69, 9.17) is 5.11 Å². The van der Waals surface area contributed by atoms with Gasteiger partial charge in [-0.15, -0.1) is 0 Å². The SMILES string of the molecule is CCCC(NCc1ncon1)C(=O)O. The smallest absolute Gasteiger partial charge is 0.320 e. The molecule has 1 unspecified atom stereocenters. The normalized spacial score (nSPS) is 12.6. The highest BCUT2D eigenvalue weighted by Gasteiger charge is 2.15. The quantitative estimate of drug-likeness (QED) is 0.690. The van der Waals surface area contributed by atoms with Gasteiger partial charge >= 0.3 is 5.97 Å². The van der Waals surface area contributed by atoms with Crippen LogP contribution >= 0.6 is 0 Å². The lowest BCUT2D eigenvalue weighted by Crippen LogP contribution is -2.36. The Bertz CT molecular complexity index is 273. The highest BCUT2D eigenvalue weighted by Crippen LogP contribution is 1.98. The highest BCUT2D eigenvalue weighted by atomic mass is 16.5. The summed E-state index contributed by atoms with van der Waals surface area (Å²) in [6.45, 7) is 2.25. The summed E-state index contributed by atoms with van der Waals surface area (Å²) in [6, 6.07) is -0.543. The van der Waals surface area contributed by atoms with Crippen molar-refractivity contribution in [2.45, 2.75) is 32.4 Å². The zero-order valence-electron chi connectivity index (χ0n) is 7.93. The van der Waals surface area contributed by atoms with Crippen molar-refractivity contribution in [3.63, 3.8) is 0 Å². The Morgan fingerprint density at radius 2 is 2.57 bits per heavy atom. The maximum absolute atomic E-state index is 10.7. The summed E-state index contributed by atoms with van der Waals surface area (Å²) in [5.41, 5.74) is 0. The van der Waals surface area contributed by atoms with Crippen LogP contribution in [0.15, 0.2) is 10.9 Å². The topological polar surface area (TPSA) is 88.3 Å². The van der Waals surface area contributed by atoms with E-state index in [-0.39, 0.29) is 0 Å². The van der Waals surface area contributed by atoms with E-state index in [2.05, 4.69) is 20.0 Å². The second-order valence-corrected chi connectivity index (χ2v) is 2.91.